The minimum absolute atomic E-state index is 0.0845. The summed E-state index contributed by atoms with van der Waals surface area (Å²) in [6.45, 7) is 3.97. The van der Waals surface area contributed by atoms with Crippen LogP contribution in [-0.4, -0.2) is 45.9 Å². The fourth-order valence-electron chi connectivity index (χ4n) is 3.28. The molecule has 31 heavy (non-hydrogen) atoms. The zero-order chi connectivity index (χ0) is 21.4. The predicted octanol–water partition coefficient (Wildman–Crippen LogP) is 3.16. The lowest BCUT2D eigenvalue weighted by molar-refractivity contribution is 0.102. The molecule has 0 saturated heterocycles. The van der Waals surface area contributed by atoms with Crippen molar-refractivity contribution in [2.75, 3.05) is 5.32 Å². The van der Waals surface area contributed by atoms with E-state index in [4.69, 9.17) is 0 Å². The number of carbonyl (C=O) groups excluding carboxylic acids is 1. The highest BCUT2D eigenvalue weighted by Crippen LogP contribution is 2.35. The Morgan fingerprint density at radius 2 is 2.06 bits per heavy atom. The van der Waals surface area contributed by atoms with Crippen LogP contribution in [0.3, 0.4) is 0 Å². The van der Waals surface area contributed by atoms with Gasteiger partial charge < -0.3 is 5.32 Å². The van der Waals surface area contributed by atoms with Gasteiger partial charge in [0.2, 0.25) is 5.82 Å². The van der Waals surface area contributed by atoms with Crippen molar-refractivity contribution in [2.45, 2.75) is 38.8 Å². The van der Waals surface area contributed by atoms with Gasteiger partial charge in [-0.05, 0) is 66.9 Å². The average molecular weight is 415 g/mol. The zero-order valence-corrected chi connectivity index (χ0v) is 17.2. The molecule has 0 bridgehead atoms. The number of pyridine rings is 2. The number of nitrogens with zero attached hydrogens (tertiary/aromatic N) is 8. The molecule has 156 valence electrons. The van der Waals surface area contributed by atoms with Crippen molar-refractivity contribution in [1.29, 1.82) is 0 Å². The smallest absolute Gasteiger partial charge is 0.275 e. The minimum Gasteiger partial charge on any atom is -0.305 e. The Kier molecular flexibility index (Phi) is 4.73. The van der Waals surface area contributed by atoms with E-state index in [0.717, 1.165) is 11.1 Å². The number of hydrogen-bond acceptors (Lipinski definition) is 7. The number of carbonyl (C=O) groups is 1. The maximum atomic E-state index is 12.8. The van der Waals surface area contributed by atoms with Gasteiger partial charge in [-0.1, -0.05) is 6.07 Å². The molecule has 10 nitrogen and oxygen atoms in total. The van der Waals surface area contributed by atoms with E-state index in [2.05, 4.69) is 35.9 Å². The lowest BCUT2D eigenvalue weighted by atomic mass is 10.1. The first kappa shape index (κ1) is 19.0. The molecule has 4 heterocycles. The van der Waals surface area contributed by atoms with Crippen molar-refractivity contribution in [3.8, 4) is 22.6 Å². The first-order chi connectivity index (χ1) is 15.1. The van der Waals surface area contributed by atoms with Crippen molar-refractivity contribution in [3.05, 3.63) is 54.6 Å². The molecule has 0 unspecified atom stereocenters. The highest BCUT2D eigenvalue weighted by molar-refractivity contribution is 6.03. The van der Waals surface area contributed by atoms with E-state index in [0.29, 0.717) is 29.1 Å². The summed E-state index contributed by atoms with van der Waals surface area (Å²) in [6, 6.07) is 9.54. The second-order valence-corrected chi connectivity index (χ2v) is 7.77. The minimum atomic E-state index is -0.343. The monoisotopic (exact) mass is 415 g/mol. The molecule has 4 aromatic heterocycles. The Balaban J connectivity index is 1.36. The molecule has 0 aliphatic heterocycles. The second-order valence-electron chi connectivity index (χ2n) is 7.77. The van der Waals surface area contributed by atoms with Crippen LogP contribution < -0.4 is 5.32 Å². The average Bonchev–Trinajstić information content (AvgIpc) is 3.30. The van der Waals surface area contributed by atoms with Crippen LogP contribution in [-0.2, 0) is 0 Å². The molecule has 1 saturated carbocycles. The van der Waals surface area contributed by atoms with E-state index in [-0.39, 0.29) is 11.9 Å². The van der Waals surface area contributed by atoms with Gasteiger partial charge in [0.25, 0.3) is 5.91 Å². The third kappa shape index (κ3) is 3.91. The molecule has 0 spiro atoms. The summed E-state index contributed by atoms with van der Waals surface area (Å²) in [7, 11) is 0. The Bertz CT molecular complexity index is 1240. The number of aromatic nitrogens is 8. The largest absolute Gasteiger partial charge is 0.305 e. The van der Waals surface area contributed by atoms with Crippen LogP contribution in [0.4, 0.5) is 5.82 Å². The van der Waals surface area contributed by atoms with E-state index in [1.54, 1.807) is 35.1 Å². The molecule has 1 aliphatic rings. The van der Waals surface area contributed by atoms with Gasteiger partial charge in [0, 0.05) is 18.0 Å². The summed E-state index contributed by atoms with van der Waals surface area (Å²) >= 11 is 0. The van der Waals surface area contributed by atoms with Gasteiger partial charge in [0.05, 0.1) is 18.3 Å². The van der Waals surface area contributed by atoms with Gasteiger partial charge in [-0.2, -0.15) is 5.10 Å². The Morgan fingerprint density at radius 1 is 1.19 bits per heavy atom. The first-order valence-electron chi connectivity index (χ1n) is 10.2. The molecule has 0 aromatic carbocycles. The normalized spacial score (nSPS) is 13.5. The van der Waals surface area contributed by atoms with Crippen molar-refractivity contribution in [2.24, 2.45) is 0 Å². The standard InChI is InChI=1S/C21H21N9O/c1-13(2)30-20(26-27-28-30)17-4-3-5-19(24-17)25-21(31)18-10-14(8-9-22-18)15-11-23-29(12-15)16-6-7-16/h3-5,8-13,16H,6-7H2,1-2H3,(H,24,25,31). The van der Waals surface area contributed by atoms with Gasteiger partial charge in [-0.15, -0.1) is 5.10 Å². The van der Waals surface area contributed by atoms with Gasteiger partial charge in [0.1, 0.15) is 17.2 Å². The molecular weight excluding hydrogens is 394 g/mol. The maximum absolute atomic E-state index is 12.8. The summed E-state index contributed by atoms with van der Waals surface area (Å²) in [5.41, 5.74) is 2.73. The van der Waals surface area contributed by atoms with E-state index >= 15 is 0 Å². The molecule has 1 N–H and O–H groups in total. The third-order valence-electron chi connectivity index (χ3n) is 5.05. The molecule has 1 amide bonds. The lowest BCUT2D eigenvalue weighted by Crippen LogP contribution is -2.15. The summed E-state index contributed by atoms with van der Waals surface area (Å²) < 4.78 is 3.66. The van der Waals surface area contributed by atoms with Crippen LogP contribution in [0.1, 0.15) is 49.3 Å². The number of tetrazole rings is 1. The van der Waals surface area contributed by atoms with Crippen LogP contribution in [0.25, 0.3) is 22.6 Å². The Labute approximate surface area is 178 Å². The number of hydrogen-bond donors (Lipinski definition) is 1. The predicted molar refractivity (Wildman–Crippen MR) is 113 cm³/mol. The van der Waals surface area contributed by atoms with Gasteiger partial charge in [0.15, 0.2) is 0 Å². The van der Waals surface area contributed by atoms with Crippen LogP contribution in [0, 0.1) is 0 Å². The quantitative estimate of drug-likeness (QED) is 0.514. The van der Waals surface area contributed by atoms with E-state index in [1.807, 2.05) is 37.0 Å². The highest BCUT2D eigenvalue weighted by atomic mass is 16.1. The van der Waals surface area contributed by atoms with Crippen LogP contribution in [0.2, 0.25) is 0 Å². The topological polar surface area (TPSA) is 116 Å². The molecule has 5 rings (SSSR count). The molecular formula is C21H21N9O. The van der Waals surface area contributed by atoms with Gasteiger partial charge in [-0.25, -0.2) is 9.67 Å². The number of rotatable bonds is 6. The summed E-state index contributed by atoms with van der Waals surface area (Å²) in [4.78, 5) is 21.5. The molecule has 4 aromatic rings. The molecule has 0 radical (unpaired) electrons. The van der Waals surface area contributed by atoms with Crippen molar-refractivity contribution in [3.63, 3.8) is 0 Å². The number of anilines is 1. The van der Waals surface area contributed by atoms with Crippen molar-refractivity contribution >= 4 is 11.7 Å². The molecule has 0 atom stereocenters. The van der Waals surface area contributed by atoms with E-state index < -0.39 is 0 Å². The number of nitrogens with one attached hydrogen (secondary N) is 1. The number of amides is 1. The Hall–Kier alpha value is -3.95. The van der Waals surface area contributed by atoms with Crippen molar-refractivity contribution in [1.82, 2.24) is 40.0 Å². The third-order valence-corrected chi connectivity index (χ3v) is 5.05. The van der Waals surface area contributed by atoms with Crippen LogP contribution >= 0.6 is 0 Å². The molecule has 1 fully saturated rings. The van der Waals surface area contributed by atoms with Gasteiger partial charge >= 0.3 is 0 Å². The van der Waals surface area contributed by atoms with Crippen LogP contribution in [0.15, 0.2) is 48.9 Å². The van der Waals surface area contributed by atoms with Crippen molar-refractivity contribution < 1.29 is 4.79 Å². The lowest BCUT2D eigenvalue weighted by Gasteiger charge is -2.09. The maximum Gasteiger partial charge on any atom is 0.275 e. The Morgan fingerprint density at radius 3 is 2.87 bits per heavy atom. The van der Waals surface area contributed by atoms with E-state index in [9.17, 15) is 4.79 Å². The summed E-state index contributed by atoms with van der Waals surface area (Å²) in [5, 5.41) is 19.0. The highest BCUT2D eigenvalue weighted by Gasteiger charge is 2.24. The zero-order valence-electron chi connectivity index (χ0n) is 17.2. The summed E-state index contributed by atoms with van der Waals surface area (Å²) in [6.07, 6.45) is 7.79. The summed E-state index contributed by atoms with van der Waals surface area (Å²) in [5.74, 6) is 0.595. The molecule has 1 aliphatic carbocycles. The fraction of sp³-hybridized carbons (Fsp3) is 0.286. The van der Waals surface area contributed by atoms with Gasteiger partial charge in [-0.3, -0.25) is 14.5 Å². The van der Waals surface area contributed by atoms with E-state index in [1.165, 1.54) is 12.8 Å². The second kappa shape index (κ2) is 7.71. The SMILES string of the molecule is CC(C)n1nnnc1-c1cccc(NC(=O)c2cc(-c3cnn(C4CC4)c3)ccn2)n1. The fourth-order valence-corrected chi connectivity index (χ4v) is 3.28. The molecule has 10 heteroatoms. The van der Waals surface area contributed by atoms with Crippen LogP contribution in [0.5, 0.6) is 0 Å². The first-order valence-corrected chi connectivity index (χ1v) is 10.2.